The summed E-state index contributed by atoms with van der Waals surface area (Å²) in [6, 6.07) is 6.51. The number of hydrogen-bond donors (Lipinski definition) is 1. The number of unbranched alkanes of at least 4 members (excludes halogenated alkanes) is 1. The van der Waals surface area contributed by atoms with Crippen molar-refractivity contribution in [1.29, 1.82) is 5.26 Å². The van der Waals surface area contributed by atoms with Gasteiger partial charge >= 0.3 is 12.3 Å². The second-order valence-electron chi connectivity index (χ2n) is 9.11. The molecule has 1 saturated carbocycles. The molecule has 0 bridgehead atoms. The molecule has 1 fully saturated rings. The molecule has 0 atom stereocenters. The van der Waals surface area contributed by atoms with Gasteiger partial charge in [-0.2, -0.15) is 32.3 Å². The van der Waals surface area contributed by atoms with Crippen molar-refractivity contribution in [2.75, 3.05) is 6.61 Å². The van der Waals surface area contributed by atoms with Crippen LogP contribution in [0.5, 0.6) is 5.88 Å². The molecule has 0 radical (unpaired) electrons. The van der Waals surface area contributed by atoms with Crippen LogP contribution in [0.15, 0.2) is 42.5 Å². The summed E-state index contributed by atoms with van der Waals surface area (Å²) in [7, 11) is 1.26. The maximum atomic E-state index is 14.1. The molecule has 1 aliphatic rings. The van der Waals surface area contributed by atoms with Crippen molar-refractivity contribution in [2.24, 2.45) is 7.05 Å². The van der Waals surface area contributed by atoms with Gasteiger partial charge in [-0.1, -0.05) is 17.7 Å². The SMILES string of the molecule is Cn1nc(OCCCCC(F)=C(F)F)c(C(F)(F)F)c1-n1cc(-c2ccc(Cl)c(C(=O)NC3(C#N)CC3)c2)cn1. The molecule has 212 valence electrons. The van der Waals surface area contributed by atoms with Gasteiger partial charge in [0, 0.05) is 25.2 Å². The number of rotatable bonds is 10. The second-order valence-corrected chi connectivity index (χ2v) is 9.52. The fourth-order valence-corrected chi connectivity index (χ4v) is 4.09. The Morgan fingerprint density at radius 1 is 1.23 bits per heavy atom. The molecular formula is C25H21ClF6N6O2. The Bertz CT molecular complexity index is 1500. The summed E-state index contributed by atoms with van der Waals surface area (Å²) >= 11 is 6.19. The number of aromatic nitrogens is 4. The van der Waals surface area contributed by atoms with Crippen LogP contribution in [-0.4, -0.2) is 37.6 Å². The maximum Gasteiger partial charge on any atom is 0.425 e. The standard InChI is InChI=1S/C25H21ClF6N6O2/c1-37-23(19(25(30,31)32)22(36-37)40-9-3-2-4-18(27)20(28)29)38-12-15(11-34-38)14-5-6-17(26)16(10-14)21(39)35-24(13-33)7-8-24/h5-6,10-12H,2-4,7-9H2,1H3,(H,35,39). The highest BCUT2D eigenvalue weighted by molar-refractivity contribution is 6.34. The van der Waals surface area contributed by atoms with Crippen LogP contribution in [0.25, 0.3) is 16.9 Å². The molecule has 3 aromatic rings. The number of amides is 1. The van der Waals surface area contributed by atoms with Crippen LogP contribution in [0.2, 0.25) is 5.02 Å². The van der Waals surface area contributed by atoms with Gasteiger partial charge in [0.25, 0.3) is 5.91 Å². The lowest BCUT2D eigenvalue weighted by Gasteiger charge is -2.11. The van der Waals surface area contributed by atoms with Gasteiger partial charge in [0.1, 0.15) is 5.54 Å². The van der Waals surface area contributed by atoms with E-state index in [2.05, 4.69) is 15.5 Å². The second kappa shape index (κ2) is 11.2. The molecule has 4 rings (SSSR count). The molecule has 2 heterocycles. The predicted octanol–water partition coefficient (Wildman–Crippen LogP) is 6.36. The molecule has 1 amide bonds. The van der Waals surface area contributed by atoms with E-state index >= 15 is 0 Å². The number of ether oxygens (including phenoxy) is 1. The molecule has 0 aliphatic heterocycles. The summed E-state index contributed by atoms with van der Waals surface area (Å²) in [6.07, 6.45) is -4.31. The van der Waals surface area contributed by atoms with E-state index in [0.717, 1.165) is 9.36 Å². The van der Waals surface area contributed by atoms with Crippen molar-refractivity contribution in [3.05, 3.63) is 58.6 Å². The highest BCUT2D eigenvalue weighted by atomic mass is 35.5. The van der Waals surface area contributed by atoms with Crippen molar-refractivity contribution >= 4 is 17.5 Å². The Balaban J connectivity index is 1.57. The van der Waals surface area contributed by atoms with Crippen molar-refractivity contribution in [3.8, 4) is 28.9 Å². The lowest BCUT2D eigenvalue weighted by atomic mass is 10.1. The number of nitrogens with one attached hydrogen (secondary N) is 1. The van der Waals surface area contributed by atoms with Crippen molar-refractivity contribution < 1.29 is 35.9 Å². The molecular weight excluding hydrogens is 566 g/mol. The van der Waals surface area contributed by atoms with Gasteiger partial charge in [-0.3, -0.25) is 4.79 Å². The van der Waals surface area contributed by atoms with Crippen molar-refractivity contribution in [2.45, 2.75) is 43.8 Å². The molecule has 1 N–H and O–H groups in total. The minimum absolute atomic E-state index is 0.0117. The number of alkyl halides is 3. The van der Waals surface area contributed by atoms with Gasteiger partial charge in [-0.25, -0.2) is 13.8 Å². The number of halogens is 7. The van der Waals surface area contributed by atoms with Crippen LogP contribution in [0.3, 0.4) is 0 Å². The number of benzene rings is 1. The quantitative estimate of drug-likeness (QED) is 0.220. The van der Waals surface area contributed by atoms with Crippen LogP contribution in [0.4, 0.5) is 26.3 Å². The van der Waals surface area contributed by atoms with Crippen LogP contribution in [0, 0.1) is 11.3 Å². The van der Waals surface area contributed by atoms with Gasteiger partial charge in [0.2, 0.25) is 5.88 Å². The van der Waals surface area contributed by atoms with Gasteiger partial charge in [-0.15, -0.1) is 5.10 Å². The third-order valence-electron chi connectivity index (χ3n) is 6.16. The first kappa shape index (κ1) is 29.0. The maximum absolute atomic E-state index is 14.1. The Morgan fingerprint density at radius 3 is 2.58 bits per heavy atom. The Hall–Kier alpha value is -3.99. The monoisotopic (exact) mass is 586 g/mol. The summed E-state index contributed by atoms with van der Waals surface area (Å²) in [5, 5.41) is 19.9. The third kappa shape index (κ3) is 6.25. The average Bonchev–Trinajstić information content (AvgIpc) is 3.33. The van der Waals surface area contributed by atoms with E-state index in [1.165, 1.54) is 31.6 Å². The molecule has 0 saturated heterocycles. The van der Waals surface area contributed by atoms with E-state index in [9.17, 15) is 36.4 Å². The van der Waals surface area contributed by atoms with Gasteiger partial charge < -0.3 is 10.1 Å². The van der Waals surface area contributed by atoms with E-state index in [0.29, 0.717) is 24.0 Å². The molecule has 8 nitrogen and oxygen atoms in total. The Morgan fingerprint density at radius 2 is 1.95 bits per heavy atom. The summed E-state index contributed by atoms with van der Waals surface area (Å²) < 4.78 is 86.5. The highest BCUT2D eigenvalue weighted by Gasteiger charge is 2.45. The zero-order valence-electron chi connectivity index (χ0n) is 20.8. The number of aryl methyl sites for hydroxylation is 1. The van der Waals surface area contributed by atoms with Crippen LogP contribution in [-0.2, 0) is 13.2 Å². The van der Waals surface area contributed by atoms with E-state index < -0.39 is 53.2 Å². The number of carbonyl (C=O) groups is 1. The number of carbonyl (C=O) groups excluding carboxylic acids is 1. The van der Waals surface area contributed by atoms with Crippen molar-refractivity contribution in [3.63, 3.8) is 0 Å². The molecule has 0 spiro atoms. The van der Waals surface area contributed by atoms with Gasteiger partial charge in [-0.05, 0) is 43.4 Å². The van der Waals surface area contributed by atoms with Gasteiger partial charge in [0.05, 0.1) is 29.5 Å². The largest absolute Gasteiger partial charge is 0.476 e. The molecule has 0 unspecified atom stereocenters. The van der Waals surface area contributed by atoms with E-state index in [1.807, 2.05) is 6.07 Å². The minimum Gasteiger partial charge on any atom is -0.476 e. The zero-order chi connectivity index (χ0) is 29.2. The number of allylic oxidation sites excluding steroid dienone is 1. The third-order valence-corrected chi connectivity index (χ3v) is 6.49. The molecule has 1 aromatic carbocycles. The molecule has 15 heteroatoms. The fourth-order valence-electron chi connectivity index (χ4n) is 3.89. The first-order chi connectivity index (χ1) is 18.8. The number of nitriles is 1. The predicted molar refractivity (Wildman–Crippen MR) is 131 cm³/mol. The summed E-state index contributed by atoms with van der Waals surface area (Å²) in [5.74, 6) is -3.33. The van der Waals surface area contributed by atoms with Crippen LogP contribution < -0.4 is 10.1 Å². The van der Waals surface area contributed by atoms with E-state index in [4.69, 9.17) is 16.3 Å². The zero-order valence-corrected chi connectivity index (χ0v) is 21.6. The fraction of sp³-hybridized carbons (Fsp3) is 0.360. The van der Waals surface area contributed by atoms with Crippen LogP contribution >= 0.6 is 11.6 Å². The Labute approximate surface area is 228 Å². The molecule has 1 aliphatic carbocycles. The van der Waals surface area contributed by atoms with Gasteiger partial charge in [0.15, 0.2) is 17.2 Å². The summed E-state index contributed by atoms with van der Waals surface area (Å²) in [6.45, 7) is -0.312. The van der Waals surface area contributed by atoms with Crippen molar-refractivity contribution in [1.82, 2.24) is 24.9 Å². The molecule has 2 aromatic heterocycles. The lowest BCUT2D eigenvalue weighted by Crippen LogP contribution is -2.35. The first-order valence-corrected chi connectivity index (χ1v) is 12.3. The highest BCUT2D eigenvalue weighted by Crippen LogP contribution is 2.40. The smallest absolute Gasteiger partial charge is 0.425 e. The number of nitrogens with zero attached hydrogens (tertiary/aromatic N) is 5. The summed E-state index contributed by atoms with van der Waals surface area (Å²) in [5.41, 5.74) is -1.26. The van der Waals surface area contributed by atoms with Crippen LogP contribution in [0.1, 0.15) is 48.0 Å². The lowest BCUT2D eigenvalue weighted by molar-refractivity contribution is -0.139. The Kier molecular flexibility index (Phi) is 8.15. The topological polar surface area (TPSA) is 97.8 Å². The number of hydrogen-bond acceptors (Lipinski definition) is 5. The van der Waals surface area contributed by atoms with E-state index in [-0.39, 0.29) is 30.0 Å². The average molecular weight is 587 g/mol. The summed E-state index contributed by atoms with van der Waals surface area (Å²) in [4.78, 5) is 12.7. The molecule has 40 heavy (non-hydrogen) atoms. The van der Waals surface area contributed by atoms with E-state index in [1.54, 1.807) is 6.07 Å². The normalized spacial score (nSPS) is 14.0. The first-order valence-electron chi connectivity index (χ1n) is 11.9. The minimum atomic E-state index is -4.90.